The van der Waals surface area contributed by atoms with Gasteiger partial charge in [0.15, 0.2) is 0 Å². The Morgan fingerprint density at radius 3 is 1.71 bits per heavy atom. The van der Waals surface area contributed by atoms with E-state index in [1.807, 2.05) is 0 Å². The van der Waals surface area contributed by atoms with E-state index < -0.39 is 5.97 Å². The maximum Gasteiger partial charge on any atom is 0.317 e. The Balaban J connectivity index is 3.10. The minimum atomic E-state index is -0.767. The molecule has 0 aromatic carbocycles. The maximum atomic E-state index is 10.4. The number of carboxylic acid groups (broad SMARTS) is 1. The molecule has 0 spiro atoms. The standard InChI is InChI=1S/C18H37NO2/c1-3-4-5-6-7-8-9-10-11-12-13-14-15-17(2)19-16-18(20)21/h17,19H,3-16H2,1-2H3,(H,20,21). The third kappa shape index (κ3) is 17.4. The molecule has 126 valence electrons. The van der Waals surface area contributed by atoms with Crippen LogP contribution in [0.2, 0.25) is 0 Å². The van der Waals surface area contributed by atoms with Crippen LogP contribution in [0.25, 0.3) is 0 Å². The molecule has 0 bridgehead atoms. The van der Waals surface area contributed by atoms with Crippen LogP contribution in [0.15, 0.2) is 0 Å². The van der Waals surface area contributed by atoms with Crippen LogP contribution in [0.4, 0.5) is 0 Å². The summed E-state index contributed by atoms with van der Waals surface area (Å²) >= 11 is 0. The fourth-order valence-electron chi connectivity index (χ4n) is 2.66. The van der Waals surface area contributed by atoms with Gasteiger partial charge < -0.3 is 10.4 Å². The van der Waals surface area contributed by atoms with E-state index in [9.17, 15) is 4.79 Å². The predicted molar refractivity (Wildman–Crippen MR) is 90.8 cm³/mol. The average molecular weight is 299 g/mol. The Labute approximate surface area is 131 Å². The van der Waals surface area contributed by atoms with E-state index in [-0.39, 0.29) is 6.54 Å². The van der Waals surface area contributed by atoms with Crippen molar-refractivity contribution < 1.29 is 9.90 Å². The largest absolute Gasteiger partial charge is 0.480 e. The van der Waals surface area contributed by atoms with Crippen molar-refractivity contribution in [3.8, 4) is 0 Å². The van der Waals surface area contributed by atoms with E-state index >= 15 is 0 Å². The first-order valence-electron chi connectivity index (χ1n) is 9.12. The van der Waals surface area contributed by atoms with Crippen LogP contribution in [0, 0.1) is 0 Å². The second kappa shape index (κ2) is 15.8. The van der Waals surface area contributed by atoms with E-state index in [4.69, 9.17) is 5.11 Å². The minimum absolute atomic E-state index is 0.0828. The molecule has 0 saturated heterocycles. The van der Waals surface area contributed by atoms with Crippen molar-refractivity contribution in [3.63, 3.8) is 0 Å². The fourth-order valence-corrected chi connectivity index (χ4v) is 2.66. The van der Waals surface area contributed by atoms with E-state index in [1.165, 1.54) is 77.0 Å². The van der Waals surface area contributed by atoms with Gasteiger partial charge in [0.2, 0.25) is 0 Å². The summed E-state index contributed by atoms with van der Waals surface area (Å²) in [4.78, 5) is 10.4. The van der Waals surface area contributed by atoms with Crippen LogP contribution in [-0.4, -0.2) is 23.7 Å². The van der Waals surface area contributed by atoms with E-state index in [0.29, 0.717) is 6.04 Å². The van der Waals surface area contributed by atoms with Gasteiger partial charge in [-0.1, -0.05) is 84.0 Å². The van der Waals surface area contributed by atoms with Crippen LogP contribution in [-0.2, 0) is 4.79 Å². The molecular weight excluding hydrogens is 262 g/mol. The molecule has 0 aliphatic carbocycles. The third-order valence-corrected chi connectivity index (χ3v) is 4.09. The summed E-state index contributed by atoms with van der Waals surface area (Å²) in [7, 11) is 0. The Morgan fingerprint density at radius 2 is 1.29 bits per heavy atom. The highest BCUT2D eigenvalue weighted by Crippen LogP contribution is 2.12. The average Bonchev–Trinajstić information content (AvgIpc) is 2.46. The van der Waals surface area contributed by atoms with Gasteiger partial charge in [0.1, 0.15) is 0 Å². The lowest BCUT2D eigenvalue weighted by molar-refractivity contribution is -0.136. The number of carbonyl (C=O) groups is 1. The highest BCUT2D eigenvalue weighted by Gasteiger charge is 2.03. The highest BCUT2D eigenvalue weighted by atomic mass is 16.4. The van der Waals surface area contributed by atoms with Gasteiger partial charge in [0, 0.05) is 6.04 Å². The van der Waals surface area contributed by atoms with Crippen molar-refractivity contribution in [2.24, 2.45) is 0 Å². The number of hydrogen-bond donors (Lipinski definition) is 2. The van der Waals surface area contributed by atoms with Gasteiger partial charge in [0.05, 0.1) is 6.54 Å². The Hall–Kier alpha value is -0.570. The smallest absolute Gasteiger partial charge is 0.317 e. The molecule has 0 radical (unpaired) electrons. The van der Waals surface area contributed by atoms with Gasteiger partial charge in [-0.05, 0) is 13.3 Å². The maximum absolute atomic E-state index is 10.4. The van der Waals surface area contributed by atoms with Crippen LogP contribution in [0.1, 0.15) is 97.3 Å². The second-order valence-electron chi connectivity index (χ2n) is 6.35. The molecule has 0 aliphatic heterocycles. The zero-order valence-electron chi connectivity index (χ0n) is 14.3. The summed E-state index contributed by atoms with van der Waals surface area (Å²) in [6, 6.07) is 0.323. The number of nitrogens with one attached hydrogen (secondary N) is 1. The second-order valence-corrected chi connectivity index (χ2v) is 6.35. The molecule has 0 aliphatic rings. The predicted octanol–water partition coefficient (Wildman–Crippen LogP) is 5.14. The van der Waals surface area contributed by atoms with Gasteiger partial charge in [-0.25, -0.2) is 0 Å². The van der Waals surface area contributed by atoms with Crippen LogP contribution in [0.5, 0.6) is 0 Å². The quantitative estimate of drug-likeness (QED) is 0.388. The third-order valence-electron chi connectivity index (χ3n) is 4.09. The Bertz CT molecular complexity index is 231. The molecule has 0 rings (SSSR count). The molecule has 0 aromatic heterocycles. The van der Waals surface area contributed by atoms with Crippen molar-refractivity contribution in [1.29, 1.82) is 0 Å². The molecule has 1 unspecified atom stereocenters. The minimum Gasteiger partial charge on any atom is -0.480 e. The zero-order valence-corrected chi connectivity index (χ0v) is 14.3. The number of rotatable bonds is 16. The summed E-state index contributed by atoms with van der Waals surface area (Å²) in [5.41, 5.74) is 0. The SMILES string of the molecule is CCCCCCCCCCCCCCC(C)NCC(=O)O. The first kappa shape index (κ1) is 20.4. The van der Waals surface area contributed by atoms with Crippen molar-refractivity contribution in [1.82, 2.24) is 5.32 Å². The van der Waals surface area contributed by atoms with Crippen molar-refractivity contribution in [2.75, 3.05) is 6.54 Å². The van der Waals surface area contributed by atoms with Gasteiger partial charge in [-0.15, -0.1) is 0 Å². The van der Waals surface area contributed by atoms with Crippen LogP contribution in [0.3, 0.4) is 0 Å². The van der Waals surface area contributed by atoms with E-state index in [1.54, 1.807) is 0 Å². The van der Waals surface area contributed by atoms with Gasteiger partial charge in [-0.3, -0.25) is 4.79 Å². The fraction of sp³-hybridized carbons (Fsp3) is 0.944. The van der Waals surface area contributed by atoms with Crippen LogP contribution < -0.4 is 5.32 Å². The summed E-state index contributed by atoms with van der Waals surface area (Å²) < 4.78 is 0. The molecular formula is C18H37NO2. The monoisotopic (exact) mass is 299 g/mol. The summed E-state index contributed by atoms with van der Waals surface area (Å²) in [6.45, 7) is 4.42. The molecule has 0 fully saturated rings. The molecule has 3 nitrogen and oxygen atoms in total. The zero-order chi connectivity index (χ0) is 15.8. The molecule has 0 heterocycles. The number of hydrogen-bond acceptors (Lipinski definition) is 2. The first-order chi connectivity index (χ1) is 10.2. The lowest BCUT2D eigenvalue weighted by Crippen LogP contribution is -2.31. The molecule has 0 saturated carbocycles. The highest BCUT2D eigenvalue weighted by molar-refractivity contribution is 5.69. The molecule has 0 aromatic rings. The topological polar surface area (TPSA) is 49.3 Å². The normalized spacial score (nSPS) is 12.5. The summed E-state index contributed by atoms with van der Waals surface area (Å²) in [5.74, 6) is -0.767. The summed E-state index contributed by atoms with van der Waals surface area (Å²) in [6.07, 6.45) is 17.5. The van der Waals surface area contributed by atoms with Crippen LogP contribution >= 0.6 is 0 Å². The molecule has 1 atom stereocenters. The van der Waals surface area contributed by atoms with Crippen molar-refractivity contribution in [3.05, 3.63) is 0 Å². The Morgan fingerprint density at radius 1 is 0.857 bits per heavy atom. The Kier molecular flexibility index (Phi) is 15.4. The van der Waals surface area contributed by atoms with Gasteiger partial charge in [0.25, 0.3) is 0 Å². The van der Waals surface area contributed by atoms with Crippen molar-refractivity contribution in [2.45, 2.75) is 103 Å². The van der Waals surface area contributed by atoms with E-state index in [2.05, 4.69) is 19.2 Å². The van der Waals surface area contributed by atoms with Gasteiger partial charge in [-0.2, -0.15) is 0 Å². The lowest BCUT2D eigenvalue weighted by Gasteiger charge is -2.11. The number of aliphatic carboxylic acids is 1. The van der Waals surface area contributed by atoms with Gasteiger partial charge >= 0.3 is 5.97 Å². The molecule has 0 amide bonds. The molecule has 2 N–H and O–H groups in total. The molecule has 21 heavy (non-hydrogen) atoms. The first-order valence-corrected chi connectivity index (χ1v) is 9.12. The summed E-state index contributed by atoms with van der Waals surface area (Å²) in [5, 5.41) is 11.6. The van der Waals surface area contributed by atoms with Crippen molar-refractivity contribution >= 4 is 5.97 Å². The number of unbranched alkanes of at least 4 members (excludes halogenated alkanes) is 11. The number of carboxylic acids is 1. The van der Waals surface area contributed by atoms with E-state index in [0.717, 1.165) is 6.42 Å². The lowest BCUT2D eigenvalue weighted by atomic mass is 10.0. The molecule has 3 heteroatoms.